The summed E-state index contributed by atoms with van der Waals surface area (Å²) in [6.45, 7) is 2.37. The van der Waals surface area contributed by atoms with Crippen LogP contribution in [0.2, 0.25) is 0 Å². The zero-order valence-electron chi connectivity index (χ0n) is 12.4. The van der Waals surface area contributed by atoms with Gasteiger partial charge >= 0.3 is 0 Å². The lowest BCUT2D eigenvalue weighted by molar-refractivity contribution is 0.245. The molecule has 0 aromatic heterocycles. The summed E-state index contributed by atoms with van der Waals surface area (Å²) in [4.78, 5) is 0. The van der Waals surface area contributed by atoms with Gasteiger partial charge in [-0.3, -0.25) is 0 Å². The van der Waals surface area contributed by atoms with Gasteiger partial charge in [0.05, 0.1) is 0 Å². The summed E-state index contributed by atoms with van der Waals surface area (Å²) in [5, 5.41) is 2.70. The first-order chi connectivity index (χ1) is 9.74. The van der Waals surface area contributed by atoms with Crippen LogP contribution in [-0.4, -0.2) is 6.04 Å². The van der Waals surface area contributed by atoms with Crippen molar-refractivity contribution in [2.75, 3.05) is 0 Å². The molecule has 0 spiro atoms. The van der Waals surface area contributed by atoms with Gasteiger partial charge in [-0.2, -0.15) is 0 Å². The molecule has 0 radical (unpaired) electrons. The molecule has 0 aliphatic heterocycles. The third-order valence-corrected chi connectivity index (χ3v) is 4.92. The molecule has 0 amide bonds. The summed E-state index contributed by atoms with van der Waals surface area (Å²) in [5.74, 6) is 1.56. The number of benzene rings is 2. The Kier molecular flexibility index (Phi) is 4.07. The Balaban J connectivity index is 1.78. The number of hydrogen-bond donors (Lipinski definition) is 1. The Bertz CT molecular complexity index is 569. The lowest BCUT2D eigenvalue weighted by Crippen LogP contribution is -2.35. The van der Waals surface area contributed by atoms with E-state index in [4.69, 9.17) is 5.73 Å². The highest BCUT2D eigenvalue weighted by molar-refractivity contribution is 5.85. The van der Waals surface area contributed by atoms with Gasteiger partial charge in [0.15, 0.2) is 0 Å². The summed E-state index contributed by atoms with van der Waals surface area (Å²) in [6.07, 6.45) is 6.38. The molecule has 2 N–H and O–H groups in total. The lowest BCUT2D eigenvalue weighted by Gasteiger charge is -2.31. The third kappa shape index (κ3) is 2.88. The van der Waals surface area contributed by atoms with E-state index in [1.807, 2.05) is 0 Å². The van der Waals surface area contributed by atoms with Crippen molar-refractivity contribution in [1.29, 1.82) is 0 Å². The van der Waals surface area contributed by atoms with Crippen molar-refractivity contribution in [3.63, 3.8) is 0 Å². The number of fused-ring (bicyclic) bond motifs is 1. The summed E-state index contributed by atoms with van der Waals surface area (Å²) >= 11 is 0. The maximum atomic E-state index is 6.53. The minimum Gasteiger partial charge on any atom is -0.327 e. The summed E-state index contributed by atoms with van der Waals surface area (Å²) in [7, 11) is 0. The first-order valence-electron chi connectivity index (χ1n) is 7.96. The molecule has 3 atom stereocenters. The van der Waals surface area contributed by atoms with Crippen LogP contribution >= 0.6 is 0 Å². The molecule has 1 aliphatic carbocycles. The van der Waals surface area contributed by atoms with Crippen molar-refractivity contribution in [3.05, 3.63) is 48.0 Å². The maximum Gasteiger partial charge on any atom is 0.0108 e. The van der Waals surface area contributed by atoms with Gasteiger partial charge < -0.3 is 5.73 Å². The lowest BCUT2D eigenvalue weighted by atomic mass is 9.77. The molecule has 3 rings (SSSR count). The van der Waals surface area contributed by atoms with Gasteiger partial charge in [0.25, 0.3) is 0 Å². The summed E-state index contributed by atoms with van der Waals surface area (Å²) < 4.78 is 0. The minimum absolute atomic E-state index is 0.309. The molecule has 106 valence electrons. The molecular formula is C19H25N. The summed E-state index contributed by atoms with van der Waals surface area (Å²) in [5.41, 5.74) is 7.94. The maximum absolute atomic E-state index is 6.53. The van der Waals surface area contributed by atoms with E-state index in [-0.39, 0.29) is 0 Å². The Morgan fingerprint density at radius 1 is 1.10 bits per heavy atom. The van der Waals surface area contributed by atoms with Crippen LogP contribution in [0.4, 0.5) is 0 Å². The number of hydrogen-bond acceptors (Lipinski definition) is 1. The van der Waals surface area contributed by atoms with E-state index in [2.05, 4.69) is 49.4 Å². The van der Waals surface area contributed by atoms with Gasteiger partial charge in [0.1, 0.15) is 0 Å². The van der Waals surface area contributed by atoms with E-state index < -0.39 is 0 Å². The smallest absolute Gasteiger partial charge is 0.0108 e. The zero-order chi connectivity index (χ0) is 13.9. The Morgan fingerprint density at radius 3 is 2.75 bits per heavy atom. The molecule has 2 aromatic rings. The van der Waals surface area contributed by atoms with E-state index in [0.717, 1.165) is 12.3 Å². The fourth-order valence-electron chi connectivity index (χ4n) is 3.76. The molecule has 2 aromatic carbocycles. The van der Waals surface area contributed by atoms with Crippen molar-refractivity contribution >= 4 is 10.8 Å². The molecule has 1 nitrogen and oxygen atoms in total. The van der Waals surface area contributed by atoms with Gasteiger partial charge in [0.2, 0.25) is 0 Å². The van der Waals surface area contributed by atoms with E-state index in [1.165, 1.54) is 42.0 Å². The van der Waals surface area contributed by atoms with Crippen LogP contribution in [0.25, 0.3) is 10.8 Å². The van der Waals surface area contributed by atoms with Crippen molar-refractivity contribution in [1.82, 2.24) is 0 Å². The van der Waals surface area contributed by atoms with Gasteiger partial charge in [-0.1, -0.05) is 62.2 Å². The second-order valence-corrected chi connectivity index (χ2v) is 6.54. The molecule has 0 bridgehead atoms. The Labute approximate surface area is 122 Å². The van der Waals surface area contributed by atoms with Crippen LogP contribution in [0, 0.1) is 11.8 Å². The minimum atomic E-state index is 0.309. The summed E-state index contributed by atoms with van der Waals surface area (Å²) in [6, 6.07) is 15.5. The molecule has 0 saturated heterocycles. The van der Waals surface area contributed by atoms with Crippen LogP contribution in [-0.2, 0) is 6.42 Å². The molecule has 1 fully saturated rings. The van der Waals surface area contributed by atoms with Crippen molar-refractivity contribution < 1.29 is 0 Å². The fourth-order valence-corrected chi connectivity index (χ4v) is 3.76. The van der Waals surface area contributed by atoms with E-state index in [0.29, 0.717) is 12.0 Å². The number of rotatable bonds is 3. The average molecular weight is 267 g/mol. The average Bonchev–Trinajstić information content (AvgIpc) is 2.47. The van der Waals surface area contributed by atoms with Crippen molar-refractivity contribution in [3.8, 4) is 0 Å². The molecule has 1 saturated carbocycles. The topological polar surface area (TPSA) is 26.0 Å². The normalized spacial score (nSPS) is 24.7. The van der Waals surface area contributed by atoms with Crippen molar-refractivity contribution in [2.24, 2.45) is 17.6 Å². The van der Waals surface area contributed by atoms with Gasteiger partial charge in [0, 0.05) is 6.04 Å². The van der Waals surface area contributed by atoms with Gasteiger partial charge in [-0.15, -0.1) is 0 Å². The Hall–Kier alpha value is -1.34. The van der Waals surface area contributed by atoms with E-state index in [1.54, 1.807) is 0 Å². The molecule has 1 heteroatoms. The first kappa shape index (κ1) is 13.6. The SMILES string of the molecule is CC1CCCC(C(N)Cc2cccc3ccccc23)C1. The van der Waals surface area contributed by atoms with Crippen LogP contribution in [0.15, 0.2) is 42.5 Å². The van der Waals surface area contributed by atoms with Crippen LogP contribution in [0.3, 0.4) is 0 Å². The van der Waals surface area contributed by atoms with Gasteiger partial charge in [-0.05, 0) is 47.4 Å². The molecule has 1 aliphatic rings. The molecule has 3 unspecified atom stereocenters. The Morgan fingerprint density at radius 2 is 1.90 bits per heavy atom. The molecular weight excluding hydrogens is 242 g/mol. The predicted molar refractivity (Wildman–Crippen MR) is 86.7 cm³/mol. The monoisotopic (exact) mass is 267 g/mol. The van der Waals surface area contributed by atoms with Crippen molar-refractivity contribution in [2.45, 2.75) is 45.1 Å². The van der Waals surface area contributed by atoms with Crippen LogP contribution in [0.5, 0.6) is 0 Å². The second-order valence-electron chi connectivity index (χ2n) is 6.54. The first-order valence-corrected chi connectivity index (χ1v) is 7.96. The van der Waals surface area contributed by atoms with E-state index in [9.17, 15) is 0 Å². The third-order valence-electron chi connectivity index (χ3n) is 4.92. The standard InChI is InChI=1S/C19H25N/c1-14-6-4-10-17(12-14)19(20)13-16-9-5-8-15-7-2-3-11-18(15)16/h2-3,5,7-9,11,14,17,19H,4,6,10,12-13,20H2,1H3. The largest absolute Gasteiger partial charge is 0.327 e. The highest BCUT2D eigenvalue weighted by Gasteiger charge is 2.24. The van der Waals surface area contributed by atoms with E-state index >= 15 is 0 Å². The van der Waals surface area contributed by atoms with Gasteiger partial charge in [-0.25, -0.2) is 0 Å². The molecule has 0 heterocycles. The quantitative estimate of drug-likeness (QED) is 0.868. The fraction of sp³-hybridized carbons (Fsp3) is 0.474. The van der Waals surface area contributed by atoms with Crippen LogP contribution in [0.1, 0.15) is 38.2 Å². The number of nitrogens with two attached hydrogens (primary N) is 1. The highest BCUT2D eigenvalue weighted by Crippen LogP contribution is 2.32. The second kappa shape index (κ2) is 5.97. The van der Waals surface area contributed by atoms with Crippen LogP contribution < -0.4 is 5.73 Å². The highest BCUT2D eigenvalue weighted by atomic mass is 14.7. The predicted octanol–water partition coefficient (Wildman–Crippen LogP) is 4.54. The molecule has 20 heavy (non-hydrogen) atoms. The zero-order valence-corrected chi connectivity index (χ0v) is 12.4.